The van der Waals surface area contributed by atoms with Crippen LogP contribution in [0.1, 0.15) is 39.0 Å². The minimum atomic E-state index is 0.301. The van der Waals surface area contributed by atoms with Gasteiger partial charge in [-0.3, -0.25) is 4.79 Å². The summed E-state index contributed by atoms with van der Waals surface area (Å²) >= 11 is 0. The summed E-state index contributed by atoms with van der Waals surface area (Å²) in [5.41, 5.74) is 0. The Bertz CT molecular complexity index is 234. The highest BCUT2D eigenvalue weighted by molar-refractivity contribution is 5.78. The highest BCUT2D eigenvalue weighted by Gasteiger charge is 2.31. The minimum Gasteiger partial charge on any atom is -0.342 e. The molecule has 0 aromatic rings. The van der Waals surface area contributed by atoms with Gasteiger partial charge in [-0.1, -0.05) is 19.8 Å². The van der Waals surface area contributed by atoms with Crippen molar-refractivity contribution in [3.8, 4) is 0 Å². The van der Waals surface area contributed by atoms with Gasteiger partial charge in [-0.15, -0.1) is 0 Å². The molecular weight excluding hydrogens is 200 g/mol. The van der Waals surface area contributed by atoms with Gasteiger partial charge in [0.2, 0.25) is 5.91 Å². The molecule has 1 saturated heterocycles. The summed E-state index contributed by atoms with van der Waals surface area (Å²) in [5.74, 6) is 2.01. The van der Waals surface area contributed by atoms with Crippen LogP contribution in [0.15, 0.2) is 0 Å². The Balaban J connectivity index is 1.62. The standard InChI is InChI=1S/C13H24N2O/c1-11-8-12(11)9-14-10-13(16)15-6-4-2-3-5-7-15/h11-12,14H,2-10H2,1H3. The molecule has 0 bridgehead atoms. The van der Waals surface area contributed by atoms with Gasteiger partial charge in [0.15, 0.2) is 0 Å². The zero-order valence-electron chi connectivity index (χ0n) is 10.4. The van der Waals surface area contributed by atoms with Crippen molar-refractivity contribution >= 4 is 5.91 Å². The van der Waals surface area contributed by atoms with Crippen LogP contribution in [0.25, 0.3) is 0 Å². The molecule has 2 rings (SSSR count). The number of amides is 1. The Morgan fingerprint density at radius 3 is 2.44 bits per heavy atom. The van der Waals surface area contributed by atoms with Crippen LogP contribution in [0, 0.1) is 11.8 Å². The van der Waals surface area contributed by atoms with Crippen molar-refractivity contribution < 1.29 is 4.79 Å². The predicted octanol–water partition coefficient (Wildman–Crippen LogP) is 1.63. The van der Waals surface area contributed by atoms with Crippen LogP contribution >= 0.6 is 0 Å². The van der Waals surface area contributed by atoms with Crippen molar-refractivity contribution in [1.82, 2.24) is 10.2 Å². The topological polar surface area (TPSA) is 32.3 Å². The third-order valence-corrected chi connectivity index (χ3v) is 3.92. The molecule has 2 aliphatic rings. The molecule has 1 aliphatic carbocycles. The van der Waals surface area contributed by atoms with E-state index in [2.05, 4.69) is 12.2 Å². The lowest BCUT2D eigenvalue weighted by molar-refractivity contribution is -0.130. The lowest BCUT2D eigenvalue weighted by Gasteiger charge is -2.20. The van der Waals surface area contributed by atoms with Crippen molar-refractivity contribution in [2.24, 2.45) is 11.8 Å². The highest BCUT2D eigenvalue weighted by atomic mass is 16.2. The fraction of sp³-hybridized carbons (Fsp3) is 0.923. The maximum absolute atomic E-state index is 11.9. The van der Waals surface area contributed by atoms with Crippen molar-refractivity contribution in [2.45, 2.75) is 39.0 Å². The Hall–Kier alpha value is -0.570. The normalized spacial score (nSPS) is 29.9. The summed E-state index contributed by atoms with van der Waals surface area (Å²) in [7, 11) is 0. The van der Waals surface area contributed by atoms with E-state index in [4.69, 9.17) is 0 Å². The quantitative estimate of drug-likeness (QED) is 0.787. The Labute approximate surface area is 98.6 Å². The summed E-state index contributed by atoms with van der Waals surface area (Å²) in [6.45, 7) is 5.80. The molecule has 3 heteroatoms. The molecule has 1 heterocycles. The van der Waals surface area contributed by atoms with Crippen molar-refractivity contribution in [3.63, 3.8) is 0 Å². The molecule has 1 saturated carbocycles. The van der Waals surface area contributed by atoms with Gasteiger partial charge in [-0.05, 0) is 37.6 Å². The molecule has 2 unspecified atom stereocenters. The van der Waals surface area contributed by atoms with E-state index in [0.717, 1.165) is 31.5 Å². The van der Waals surface area contributed by atoms with Crippen molar-refractivity contribution in [3.05, 3.63) is 0 Å². The van der Waals surface area contributed by atoms with Crippen LogP contribution in [0.5, 0.6) is 0 Å². The van der Waals surface area contributed by atoms with Crippen molar-refractivity contribution in [2.75, 3.05) is 26.2 Å². The molecule has 2 atom stereocenters. The van der Waals surface area contributed by atoms with Crippen LogP contribution < -0.4 is 5.32 Å². The fourth-order valence-electron chi connectivity index (χ4n) is 2.48. The van der Waals surface area contributed by atoms with Crippen LogP contribution in [0.3, 0.4) is 0 Å². The van der Waals surface area contributed by atoms with Crippen LogP contribution in [0.2, 0.25) is 0 Å². The highest BCUT2D eigenvalue weighted by Crippen LogP contribution is 2.36. The first-order valence-corrected chi connectivity index (χ1v) is 6.76. The van der Waals surface area contributed by atoms with E-state index in [1.165, 1.54) is 32.1 Å². The molecular formula is C13H24N2O. The summed E-state index contributed by atoms with van der Waals surface area (Å²) in [5, 5.41) is 3.30. The maximum atomic E-state index is 11.9. The first kappa shape index (κ1) is 11.9. The van der Waals surface area contributed by atoms with E-state index in [-0.39, 0.29) is 0 Å². The number of nitrogens with one attached hydrogen (secondary N) is 1. The van der Waals surface area contributed by atoms with Crippen LogP contribution in [-0.2, 0) is 4.79 Å². The molecule has 1 aliphatic heterocycles. The zero-order valence-corrected chi connectivity index (χ0v) is 10.4. The number of rotatable bonds is 4. The summed E-state index contributed by atoms with van der Waals surface area (Å²) < 4.78 is 0. The Kier molecular flexibility index (Phi) is 4.22. The van der Waals surface area contributed by atoms with E-state index in [1.807, 2.05) is 4.90 Å². The molecule has 0 aromatic heterocycles. The van der Waals surface area contributed by atoms with Gasteiger partial charge >= 0.3 is 0 Å². The largest absolute Gasteiger partial charge is 0.342 e. The van der Waals surface area contributed by atoms with E-state index in [9.17, 15) is 4.79 Å². The first-order valence-electron chi connectivity index (χ1n) is 6.76. The smallest absolute Gasteiger partial charge is 0.236 e. The van der Waals surface area contributed by atoms with Crippen molar-refractivity contribution in [1.29, 1.82) is 0 Å². The van der Waals surface area contributed by atoms with Crippen LogP contribution in [-0.4, -0.2) is 37.0 Å². The second-order valence-electron chi connectivity index (χ2n) is 5.40. The monoisotopic (exact) mass is 224 g/mol. The van der Waals surface area contributed by atoms with E-state index < -0.39 is 0 Å². The molecule has 92 valence electrons. The zero-order chi connectivity index (χ0) is 11.4. The summed E-state index contributed by atoms with van der Waals surface area (Å²) in [6, 6.07) is 0. The molecule has 16 heavy (non-hydrogen) atoms. The molecule has 3 nitrogen and oxygen atoms in total. The van der Waals surface area contributed by atoms with E-state index >= 15 is 0 Å². The SMILES string of the molecule is CC1CC1CNCC(=O)N1CCCCCC1. The van der Waals surface area contributed by atoms with Gasteiger partial charge in [0.1, 0.15) is 0 Å². The average molecular weight is 224 g/mol. The van der Waals surface area contributed by atoms with E-state index in [0.29, 0.717) is 12.5 Å². The molecule has 0 spiro atoms. The number of likely N-dealkylation sites (tertiary alicyclic amines) is 1. The van der Waals surface area contributed by atoms with Crippen LogP contribution in [0.4, 0.5) is 0 Å². The maximum Gasteiger partial charge on any atom is 0.236 e. The molecule has 2 fully saturated rings. The first-order chi connectivity index (χ1) is 7.77. The van der Waals surface area contributed by atoms with Gasteiger partial charge in [-0.25, -0.2) is 0 Å². The van der Waals surface area contributed by atoms with Gasteiger partial charge in [0.25, 0.3) is 0 Å². The fourth-order valence-corrected chi connectivity index (χ4v) is 2.48. The number of carbonyl (C=O) groups is 1. The summed E-state index contributed by atoms with van der Waals surface area (Å²) in [6.07, 6.45) is 6.29. The molecule has 0 radical (unpaired) electrons. The third kappa shape index (κ3) is 3.48. The number of nitrogens with zero attached hydrogens (tertiary/aromatic N) is 1. The number of hydrogen-bond acceptors (Lipinski definition) is 2. The van der Waals surface area contributed by atoms with Gasteiger partial charge < -0.3 is 10.2 Å². The molecule has 0 aromatic carbocycles. The Morgan fingerprint density at radius 2 is 1.88 bits per heavy atom. The van der Waals surface area contributed by atoms with Gasteiger partial charge in [0, 0.05) is 13.1 Å². The minimum absolute atomic E-state index is 0.301. The lowest BCUT2D eigenvalue weighted by atomic mass is 10.2. The summed E-state index contributed by atoms with van der Waals surface area (Å²) in [4.78, 5) is 13.9. The Morgan fingerprint density at radius 1 is 1.25 bits per heavy atom. The average Bonchev–Trinajstić information content (AvgIpc) is 3.01. The second kappa shape index (κ2) is 5.67. The predicted molar refractivity (Wildman–Crippen MR) is 65.2 cm³/mol. The van der Waals surface area contributed by atoms with E-state index in [1.54, 1.807) is 0 Å². The van der Waals surface area contributed by atoms with Gasteiger partial charge in [-0.2, -0.15) is 0 Å². The molecule has 1 amide bonds. The molecule has 1 N–H and O–H groups in total. The second-order valence-corrected chi connectivity index (χ2v) is 5.40. The number of carbonyl (C=O) groups excluding carboxylic acids is 1. The third-order valence-electron chi connectivity index (χ3n) is 3.92. The lowest BCUT2D eigenvalue weighted by Crippen LogP contribution is -2.39. The number of hydrogen-bond donors (Lipinski definition) is 1. The van der Waals surface area contributed by atoms with Gasteiger partial charge in [0.05, 0.1) is 6.54 Å².